The molecule has 0 radical (unpaired) electrons. The van der Waals surface area contributed by atoms with Crippen LogP contribution in [0.25, 0.3) is 0 Å². The molecule has 1 aliphatic carbocycles. The number of carbonyl (C=O) groups excluding carboxylic acids is 2. The molecule has 4 rings (SSSR count). The van der Waals surface area contributed by atoms with Crippen molar-refractivity contribution in [3.63, 3.8) is 0 Å². The predicted molar refractivity (Wildman–Crippen MR) is 178 cm³/mol. The van der Waals surface area contributed by atoms with Crippen LogP contribution in [0.1, 0.15) is 55.8 Å². The zero-order valence-electron chi connectivity index (χ0n) is 27.9. The molecule has 1 aromatic carbocycles. The summed E-state index contributed by atoms with van der Waals surface area (Å²) in [4.78, 5) is 39.2. The monoisotopic (exact) mass is 658 g/mol. The minimum Gasteiger partial charge on any atom is -0.495 e. The third-order valence-corrected chi connectivity index (χ3v) is 8.22. The Balaban J connectivity index is 1.22. The summed E-state index contributed by atoms with van der Waals surface area (Å²) in [6, 6.07) is 5.15. The highest BCUT2D eigenvalue weighted by atomic mass is 16.6. The smallest absolute Gasteiger partial charge is 0.251 e. The summed E-state index contributed by atoms with van der Waals surface area (Å²) in [5.74, 6) is 1.43. The number of anilines is 4. The molecule has 14 nitrogen and oxygen atoms in total. The Hall–Kier alpha value is -3.56. The number of fused-ring (bicyclic) bond motifs is 1. The number of methoxy groups -OCH3 is 1. The highest BCUT2D eigenvalue weighted by Crippen LogP contribution is 2.40. The van der Waals surface area contributed by atoms with Gasteiger partial charge in [-0.1, -0.05) is 19.8 Å². The lowest BCUT2D eigenvalue weighted by Crippen LogP contribution is -2.55. The van der Waals surface area contributed by atoms with E-state index in [9.17, 15) is 9.59 Å². The van der Waals surface area contributed by atoms with E-state index in [1.165, 1.54) is 0 Å². The molecule has 2 heterocycles. The summed E-state index contributed by atoms with van der Waals surface area (Å²) >= 11 is 0. The minimum absolute atomic E-state index is 0.0682. The second-order valence-corrected chi connectivity index (χ2v) is 11.4. The number of nitrogens with zero attached hydrogens (tertiary/aromatic N) is 4. The largest absolute Gasteiger partial charge is 0.495 e. The van der Waals surface area contributed by atoms with Crippen LogP contribution in [0.15, 0.2) is 24.4 Å². The van der Waals surface area contributed by atoms with E-state index in [1.54, 1.807) is 43.5 Å². The van der Waals surface area contributed by atoms with Crippen molar-refractivity contribution < 1.29 is 38.4 Å². The fourth-order valence-electron chi connectivity index (χ4n) is 5.77. The van der Waals surface area contributed by atoms with Gasteiger partial charge in [0.2, 0.25) is 11.9 Å². The van der Waals surface area contributed by atoms with Crippen molar-refractivity contribution in [2.45, 2.75) is 57.5 Å². The number of likely N-dealkylation sites (N-methyl/N-ethyl adjacent to an activating group) is 1. The van der Waals surface area contributed by atoms with Gasteiger partial charge in [0, 0.05) is 38.4 Å². The lowest BCUT2D eigenvalue weighted by atomic mass is 10.0. The molecular formula is C33H50N6O8. The molecule has 1 saturated carbocycles. The number of carbonyl (C=O) groups is 2. The second kappa shape index (κ2) is 19.3. The summed E-state index contributed by atoms with van der Waals surface area (Å²) in [7, 11) is 3.32. The fraction of sp³-hybridized carbons (Fsp3) is 0.636. The van der Waals surface area contributed by atoms with Crippen LogP contribution in [-0.4, -0.2) is 119 Å². The highest BCUT2D eigenvalue weighted by molar-refractivity contribution is 6.04. The van der Waals surface area contributed by atoms with Gasteiger partial charge in [0.05, 0.1) is 65.2 Å². The summed E-state index contributed by atoms with van der Waals surface area (Å²) in [5, 5.41) is 14.8. The van der Waals surface area contributed by atoms with Crippen LogP contribution in [0.3, 0.4) is 0 Å². The van der Waals surface area contributed by atoms with Gasteiger partial charge in [-0.2, -0.15) is 4.98 Å². The van der Waals surface area contributed by atoms with Gasteiger partial charge in [-0.15, -0.1) is 0 Å². The molecule has 0 bridgehead atoms. The third-order valence-electron chi connectivity index (χ3n) is 8.22. The quantitative estimate of drug-likeness (QED) is 0.169. The summed E-state index contributed by atoms with van der Waals surface area (Å²) < 4.78 is 27.3. The maximum Gasteiger partial charge on any atom is 0.251 e. The number of hydrogen-bond donors (Lipinski definition) is 3. The van der Waals surface area contributed by atoms with Gasteiger partial charge < -0.3 is 49.2 Å². The number of aromatic nitrogens is 2. The minimum atomic E-state index is -0.255. The van der Waals surface area contributed by atoms with Gasteiger partial charge in [0.25, 0.3) is 5.91 Å². The number of benzene rings is 1. The number of nitrogens with one attached hydrogen (secondary N) is 2. The SMILES string of the molecule is CC[C@@H]1C(=O)N(C)c2cnc(Nc3ccc(C(=O)NCCOCCOCCOCCOCCCO)cc3OC)nc2N1C1CCCC1. The number of amides is 2. The highest BCUT2D eigenvalue weighted by Gasteiger charge is 2.41. The molecule has 260 valence electrons. The van der Waals surface area contributed by atoms with E-state index in [0.29, 0.717) is 101 Å². The zero-order valence-corrected chi connectivity index (χ0v) is 27.9. The first-order chi connectivity index (χ1) is 23.0. The number of rotatable bonds is 21. The molecule has 0 unspecified atom stereocenters. The molecule has 1 atom stereocenters. The van der Waals surface area contributed by atoms with Gasteiger partial charge in [-0.3, -0.25) is 9.59 Å². The standard InChI is InChI=1S/C33H50N6O8/c1-4-27-32(42)38(2)28-23-35-33(37-30(28)39(27)25-8-5-6-9-25)36-26-11-10-24(22-29(26)43-3)31(41)34-12-15-45-17-19-47-21-20-46-18-16-44-14-7-13-40/h10-11,22-23,25,27,40H,4-9,12-21H2,1-3H3,(H,34,41)(H,35,36,37)/t27-/m1/s1. The fourth-order valence-corrected chi connectivity index (χ4v) is 5.77. The Kier molecular flexibility index (Phi) is 14.9. The van der Waals surface area contributed by atoms with E-state index >= 15 is 0 Å². The molecule has 0 spiro atoms. The molecule has 14 heteroatoms. The lowest BCUT2D eigenvalue weighted by molar-refractivity contribution is -0.120. The van der Waals surface area contributed by atoms with E-state index in [2.05, 4.69) is 20.5 Å². The van der Waals surface area contributed by atoms with E-state index < -0.39 is 0 Å². The van der Waals surface area contributed by atoms with E-state index in [0.717, 1.165) is 31.5 Å². The third kappa shape index (κ3) is 10.2. The average Bonchev–Trinajstić information content (AvgIpc) is 3.62. The molecule has 1 aromatic heterocycles. The van der Waals surface area contributed by atoms with Crippen molar-refractivity contribution >= 4 is 35.0 Å². The van der Waals surface area contributed by atoms with Crippen molar-refractivity contribution in [1.29, 1.82) is 0 Å². The normalized spacial score (nSPS) is 16.4. The summed E-state index contributed by atoms with van der Waals surface area (Å²) in [6.07, 6.45) is 7.39. The maximum absolute atomic E-state index is 13.2. The van der Waals surface area contributed by atoms with Crippen LogP contribution in [0.2, 0.25) is 0 Å². The van der Waals surface area contributed by atoms with E-state index in [-0.39, 0.29) is 30.5 Å². The maximum atomic E-state index is 13.2. The molecule has 0 saturated heterocycles. The number of ether oxygens (including phenoxy) is 5. The van der Waals surface area contributed by atoms with Crippen molar-refractivity contribution in [3.8, 4) is 5.75 Å². The van der Waals surface area contributed by atoms with Crippen LogP contribution in [0, 0.1) is 0 Å². The van der Waals surface area contributed by atoms with Gasteiger partial charge >= 0.3 is 0 Å². The number of aliphatic hydroxyl groups excluding tert-OH is 1. The summed E-state index contributed by atoms with van der Waals surface area (Å²) in [6.45, 7) is 6.13. The van der Waals surface area contributed by atoms with Crippen LogP contribution in [0.4, 0.5) is 23.1 Å². The average molecular weight is 659 g/mol. The molecule has 3 N–H and O–H groups in total. The predicted octanol–water partition coefficient (Wildman–Crippen LogP) is 2.91. The van der Waals surface area contributed by atoms with Gasteiger partial charge in [0.15, 0.2) is 5.82 Å². The Morgan fingerprint density at radius 1 is 1.00 bits per heavy atom. The Morgan fingerprint density at radius 3 is 2.30 bits per heavy atom. The molecule has 2 aliphatic rings. The summed E-state index contributed by atoms with van der Waals surface area (Å²) in [5.41, 5.74) is 1.76. The Morgan fingerprint density at radius 2 is 1.66 bits per heavy atom. The molecule has 2 aromatic rings. The first kappa shape index (κ1) is 36.3. The van der Waals surface area contributed by atoms with E-state index in [1.807, 2.05) is 6.92 Å². The van der Waals surface area contributed by atoms with Gasteiger partial charge in [-0.25, -0.2) is 4.98 Å². The first-order valence-corrected chi connectivity index (χ1v) is 16.6. The first-order valence-electron chi connectivity index (χ1n) is 16.6. The Labute approximate surface area is 277 Å². The van der Waals surface area contributed by atoms with Crippen molar-refractivity contribution in [3.05, 3.63) is 30.0 Å². The van der Waals surface area contributed by atoms with Gasteiger partial charge in [0.1, 0.15) is 17.5 Å². The van der Waals surface area contributed by atoms with Crippen LogP contribution >= 0.6 is 0 Å². The number of aliphatic hydroxyl groups is 1. The number of hydrogen-bond acceptors (Lipinski definition) is 12. The van der Waals surface area contributed by atoms with Gasteiger partial charge in [-0.05, 0) is 43.9 Å². The zero-order chi connectivity index (χ0) is 33.4. The molecule has 47 heavy (non-hydrogen) atoms. The van der Waals surface area contributed by atoms with Crippen LogP contribution < -0.4 is 25.2 Å². The molecule has 2 amide bonds. The van der Waals surface area contributed by atoms with Crippen molar-refractivity contribution in [2.75, 3.05) is 95.3 Å². The molecule has 1 aliphatic heterocycles. The second-order valence-electron chi connectivity index (χ2n) is 11.4. The Bertz CT molecular complexity index is 1280. The molecule has 1 fully saturated rings. The topological polar surface area (TPSA) is 157 Å². The van der Waals surface area contributed by atoms with Crippen LogP contribution in [0.5, 0.6) is 5.75 Å². The van der Waals surface area contributed by atoms with Crippen LogP contribution in [-0.2, 0) is 23.7 Å². The lowest BCUT2D eigenvalue weighted by Gasteiger charge is -2.43. The van der Waals surface area contributed by atoms with Crippen molar-refractivity contribution in [1.82, 2.24) is 15.3 Å². The van der Waals surface area contributed by atoms with Crippen molar-refractivity contribution in [2.24, 2.45) is 0 Å². The molecular weight excluding hydrogens is 608 g/mol. The van der Waals surface area contributed by atoms with E-state index in [4.69, 9.17) is 33.8 Å².